The molecule has 0 spiro atoms. The van der Waals surface area contributed by atoms with Gasteiger partial charge in [-0.25, -0.2) is 8.42 Å². The van der Waals surface area contributed by atoms with Crippen LogP contribution in [0.5, 0.6) is 0 Å². The van der Waals surface area contributed by atoms with Gasteiger partial charge in [-0.1, -0.05) is 0 Å². The molecule has 0 fully saturated rings. The molecule has 0 aliphatic carbocycles. The molecule has 1 aromatic carbocycles. The molecule has 0 saturated carbocycles. The van der Waals surface area contributed by atoms with E-state index in [2.05, 4.69) is 0 Å². The molecule has 0 atom stereocenters. The highest BCUT2D eigenvalue weighted by Gasteiger charge is 2.30. The molecular weight excluding hydrogens is 297 g/mol. The quantitative estimate of drug-likeness (QED) is 0.663. The maximum Gasteiger partial charge on any atom is 0.416 e. The monoisotopic (exact) mass is 306 g/mol. The van der Waals surface area contributed by atoms with Gasteiger partial charge in [-0.05, 0) is 31.2 Å². The Labute approximate surface area is 113 Å². The second-order valence-corrected chi connectivity index (χ2v) is 5.33. The Morgan fingerprint density at radius 3 is 2.15 bits per heavy atom. The van der Waals surface area contributed by atoms with Crippen molar-refractivity contribution in [2.75, 3.05) is 4.72 Å². The van der Waals surface area contributed by atoms with Gasteiger partial charge in [-0.3, -0.25) is 4.72 Å². The van der Waals surface area contributed by atoms with Crippen molar-refractivity contribution in [1.29, 1.82) is 5.26 Å². The molecule has 0 saturated heterocycles. The highest BCUT2D eigenvalue weighted by atomic mass is 32.2. The first-order chi connectivity index (χ1) is 9.08. The van der Waals surface area contributed by atoms with E-state index >= 15 is 0 Å². The van der Waals surface area contributed by atoms with Crippen molar-refractivity contribution in [2.24, 2.45) is 0 Å². The first-order valence-corrected chi connectivity index (χ1v) is 6.56. The molecular formula is C11H9F3N2O3S. The fourth-order valence-corrected chi connectivity index (χ4v) is 2.33. The maximum atomic E-state index is 12.3. The third kappa shape index (κ3) is 3.64. The van der Waals surface area contributed by atoms with Gasteiger partial charge in [0.05, 0.1) is 5.56 Å². The van der Waals surface area contributed by atoms with E-state index in [-0.39, 0.29) is 5.69 Å². The second-order valence-electron chi connectivity index (χ2n) is 3.71. The highest BCUT2D eigenvalue weighted by Crippen LogP contribution is 2.30. The summed E-state index contributed by atoms with van der Waals surface area (Å²) in [4.78, 5) is -0.905. The lowest BCUT2D eigenvalue weighted by atomic mass is 10.2. The Balaban J connectivity index is 3.07. The van der Waals surface area contributed by atoms with Crippen LogP contribution in [0.2, 0.25) is 0 Å². The van der Waals surface area contributed by atoms with Crippen molar-refractivity contribution >= 4 is 15.7 Å². The standard InChI is InChI=1S/C11H9F3N2O3S/c1-7(17)10(6-15)20(18,19)16-9-4-2-8(3-5-9)11(12,13)14/h2-5,16-17H,1H3/b10-7-. The van der Waals surface area contributed by atoms with Gasteiger partial charge in [0.1, 0.15) is 11.8 Å². The number of hydrogen-bond acceptors (Lipinski definition) is 4. The summed E-state index contributed by atoms with van der Waals surface area (Å²) in [6.45, 7) is 1.00. The molecule has 0 amide bonds. The van der Waals surface area contributed by atoms with Gasteiger partial charge in [-0.15, -0.1) is 0 Å². The lowest BCUT2D eigenvalue weighted by Crippen LogP contribution is -2.15. The number of aliphatic hydroxyl groups excluding tert-OH is 1. The fraction of sp³-hybridized carbons (Fsp3) is 0.182. The number of nitrogens with zero attached hydrogens (tertiary/aromatic N) is 1. The zero-order chi connectivity index (χ0) is 15.6. The largest absolute Gasteiger partial charge is 0.510 e. The zero-order valence-corrected chi connectivity index (χ0v) is 10.9. The summed E-state index contributed by atoms with van der Waals surface area (Å²) in [5.74, 6) is -0.716. The number of nitriles is 1. The summed E-state index contributed by atoms with van der Waals surface area (Å²) < 4.78 is 62.2. The molecule has 0 aliphatic heterocycles. The SMILES string of the molecule is C/C(O)=C(\C#N)S(=O)(=O)Nc1ccc(C(F)(F)F)cc1. The molecule has 0 heterocycles. The Bertz CT molecular complexity index is 666. The number of hydrogen-bond donors (Lipinski definition) is 2. The number of halogens is 3. The number of anilines is 1. The Morgan fingerprint density at radius 2 is 1.80 bits per heavy atom. The van der Waals surface area contributed by atoms with Gasteiger partial charge in [0.25, 0.3) is 10.0 Å². The smallest absolute Gasteiger partial charge is 0.416 e. The van der Waals surface area contributed by atoms with Crippen molar-refractivity contribution < 1.29 is 26.7 Å². The van der Waals surface area contributed by atoms with Crippen molar-refractivity contribution in [2.45, 2.75) is 13.1 Å². The highest BCUT2D eigenvalue weighted by molar-refractivity contribution is 7.96. The molecule has 0 aromatic heterocycles. The third-order valence-corrected chi connectivity index (χ3v) is 3.59. The molecule has 9 heteroatoms. The van der Waals surface area contributed by atoms with Crippen LogP contribution in [0.4, 0.5) is 18.9 Å². The Morgan fingerprint density at radius 1 is 1.30 bits per heavy atom. The number of sulfonamides is 1. The Kier molecular flexibility index (Phi) is 4.29. The lowest BCUT2D eigenvalue weighted by molar-refractivity contribution is -0.137. The van der Waals surface area contributed by atoms with Gasteiger partial charge in [0.2, 0.25) is 4.91 Å². The average Bonchev–Trinajstić information content (AvgIpc) is 2.27. The molecule has 1 rings (SSSR count). The molecule has 20 heavy (non-hydrogen) atoms. The average molecular weight is 306 g/mol. The van der Waals surface area contributed by atoms with Crippen molar-refractivity contribution in [1.82, 2.24) is 0 Å². The van der Waals surface area contributed by atoms with E-state index in [1.807, 2.05) is 4.72 Å². The predicted octanol–water partition coefficient (Wildman–Crippen LogP) is 2.76. The van der Waals surface area contributed by atoms with Crippen LogP contribution in [-0.4, -0.2) is 13.5 Å². The first kappa shape index (κ1) is 15.8. The van der Waals surface area contributed by atoms with E-state index in [0.717, 1.165) is 19.1 Å². The van der Waals surface area contributed by atoms with Crippen molar-refractivity contribution in [3.8, 4) is 6.07 Å². The van der Waals surface area contributed by atoms with Crippen LogP contribution < -0.4 is 4.72 Å². The Hall–Kier alpha value is -2.21. The third-order valence-electron chi connectivity index (χ3n) is 2.16. The van der Waals surface area contributed by atoms with Crippen LogP contribution in [0.25, 0.3) is 0 Å². The number of alkyl halides is 3. The minimum atomic E-state index is -4.53. The van der Waals surface area contributed by atoms with Gasteiger partial charge in [-0.2, -0.15) is 18.4 Å². The van der Waals surface area contributed by atoms with Crippen LogP contribution in [0.3, 0.4) is 0 Å². The minimum absolute atomic E-state index is 0.160. The maximum absolute atomic E-state index is 12.3. The van der Waals surface area contributed by atoms with Crippen LogP contribution in [0.15, 0.2) is 34.9 Å². The van der Waals surface area contributed by atoms with E-state index in [1.54, 1.807) is 0 Å². The lowest BCUT2D eigenvalue weighted by Gasteiger charge is -2.09. The van der Waals surface area contributed by atoms with E-state index in [0.29, 0.717) is 12.1 Å². The van der Waals surface area contributed by atoms with Gasteiger partial charge >= 0.3 is 6.18 Å². The molecule has 0 bridgehead atoms. The van der Waals surface area contributed by atoms with Crippen molar-refractivity contribution in [3.05, 3.63) is 40.5 Å². The molecule has 0 aliphatic rings. The zero-order valence-electron chi connectivity index (χ0n) is 10.1. The molecule has 0 unspecified atom stereocenters. The number of nitrogens with one attached hydrogen (secondary N) is 1. The molecule has 1 aromatic rings. The van der Waals surface area contributed by atoms with Gasteiger partial charge in [0, 0.05) is 5.69 Å². The van der Waals surface area contributed by atoms with Crippen molar-refractivity contribution in [3.63, 3.8) is 0 Å². The van der Waals surface area contributed by atoms with Crippen LogP contribution in [0, 0.1) is 11.3 Å². The van der Waals surface area contributed by atoms with E-state index in [9.17, 15) is 21.6 Å². The summed E-state index contributed by atoms with van der Waals surface area (Å²) >= 11 is 0. The number of allylic oxidation sites excluding steroid dienone is 2. The summed E-state index contributed by atoms with van der Waals surface area (Å²) in [5, 5.41) is 17.7. The number of benzene rings is 1. The number of aliphatic hydroxyl groups is 1. The van der Waals surface area contributed by atoms with Gasteiger partial charge < -0.3 is 5.11 Å². The fourth-order valence-electron chi connectivity index (χ4n) is 1.27. The summed E-state index contributed by atoms with van der Waals surface area (Å²) in [5.41, 5.74) is -1.10. The van der Waals surface area contributed by atoms with Crippen LogP contribution >= 0.6 is 0 Å². The normalized spacial score (nSPS) is 13.3. The van der Waals surface area contributed by atoms with E-state index in [4.69, 9.17) is 10.4 Å². The summed E-state index contributed by atoms with van der Waals surface area (Å²) in [6, 6.07) is 4.49. The van der Waals surface area contributed by atoms with Crippen LogP contribution in [0.1, 0.15) is 12.5 Å². The molecule has 5 nitrogen and oxygen atoms in total. The predicted molar refractivity (Wildman–Crippen MR) is 64.9 cm³/mol. The topological polar surface area (TPSA) is 90.2 Å². The summed E-state index contributed by atoms with van der Waals surface area (Å²) in [7, 11) is -4.34. The molecule has 2 N–H and O–H groups in total. The van der Waals surface area contributed by atoms with E-state index in [1.165, 1.54) is 6.07 Å². The molecule has 0 radical (unpaired) electrons. The number of rotatable bonds is 3. The first-order valence-electron chi connectivity index (χ1n) is 5.08. The summed E-state index contributed by atoms with van der Waals surface area (Å²) in [6.07, 6.45) is -4.53. The minimum Gasteiger partial charge on any atom is -0.510 e. The van der Waals surface area contributed by atoms with Crippen LogP contribution in [-0.2, 0) is 16.2 Å². The second kappa shape index (κ2) is 5.42. The molecule has 108 valence electrons. The van der Waals surface area contributed by atoms with Gasteiger partial charge in [0.15, 0.2) is 0 Å². The van der Waals surface area contributed by atoms with E-state index < -0.39 is 32.4 Å².